The lowest BCUT2D eigenvalue weighted by atomic mass is 10.1. The second-order valence-corrected chi connectivity index (χ2v) is 3.24. The molecule has 0 heterocycles. The fourth-order valence-electron chi connectivity index (χ4n) is 1.02. The number of non-ortho nitro benzene ring substituents is 1. The van der Waals surface area contributed by atoms with Gasteiger partial charge in [-0.2, -0.15) is 8.78 Å². The molecule has 1 aromatic rings. The largest absolute Gasteiger partial charge is 0.325 e. The first-order valence-corrected chi connectivity index (χ1v) is 4.28. The predicted octanol–water partition coefficient (Wildman–Crippen LogP) is 2.30. The van der Waals surface area contributed by atoms with Crippen LogP contribution in [0.5, 0.6) is 0 Å². The van der Waals surface area contributed by atoms with Gasteiger partial charge in [0.25, 0.3) is 11.6 Å². The summed E-state index contributed by atoms with van der Waals surface area (Å²) in [5, 5.41) is 10.1. The zero-order valence-corrected chi connectivity index (χ0v) is 8.17. The molecule has 0 aromatic heterocycles. The van der Waals surface area contributed by atoms with Crippen LogP contribution in [0.25, 0.3) is 0 Å². The highest BCUT2D eigenvalue weighted by molar-refractivity contribution is 6.31. The maximum Gasteiger partial charge on any atom is 0.286 e. The van der Waals surface area contributed by atoms with Gasteiger partial charge in [-0.15, -0.1) is 0 Å². The van der Waals surface area contributed by atoms with Gasteiger partial charge < -0.3 is 5.73 Å². The van der Waals surface area contributed by atoms with Crippen LogP contribution < -0.4 is 5.73 Å². The van der Waals surface area contributed by atoms with E-state index in [1.807, 2.05) is 0 Å². The highest BCUT2D eigenvalue weighted by Crippen LogP contribution is 2.34. The third-order valence-electron chi connectivity index (χ3n) is 1.81. The molecule has 1 aromatic carbocycles. The molecule has 0 fully saturated rings. The molecule has 0 aliphatic rings. The average molecular weight is 237 g/mol. The minimum Gasteiger partial charge on any atom is -0.325 e. The van der Waals surface area contributed by atoms with Gasteiger partial charge in [-0.1, -0.05) is 11.6 Å². The first-order valence-electron chi connectivity index (χ1n) is 3.91. The van der Waals surface area contributed by atoms with Crippen molar-refractivity contribution < 1.29 is 13.7 Å². The average Bonchev–Trinajstić information content (AvgIpc) is 2.17. The molecule has 0 aliphatic heterocycles. The van der Waals surface area contributed by atoms with Crippen LogP contribution in [0.3, 0.4) is 0 Å². The van der Waals surface area contributed by atoms with Crippen molar-refractivity contribution >= 4 is 17.3 Å². The van der Waals surface area contributed by atoms with Gasteiger partial charge in [0.05, 0.1) is 16.5 Å². The molecule has 2 N–H and O–H groups in total. The predicted molar refractivity (Wildman–Crippen MR) is 51.1 cm³/mol. The Labute approximate surface area is 88.8 Å². The Balaban J connectivity index is 3.28. The Kier molecular flexibility index (Phi) is 3.21. The lowest BCUT2D eigenvalue weighted by Gasteiger charge is -2.15. The molecule has 0 saturated carbocycles. The number of halogens is 3. The Morgan fingerprint density at radius 3 is 2.60 bits per heavy atom. The van der Waals surface area contributed by atoms with E-state index in [1.165, 1.54) is 0 Å². The van der Waals surface area contributed by atoms with Crippen LogP contribution >= 0.6 is 11.6 Å². The lowest BCUT2D eigenvalue weighted by Crippen LogP contribution is -2.25. The topological polar surface area (TPSA) is 69.2 Å². The zero-order chi connectivity index (χ0) is 11.6. The van der Waals surface area contributed by atoms with E-state index in [1.54, 1.807) is 0 Å². The van der Waals surface area contributed by atoms with Gasteiger partial charge >= 0.3 is 0 Å². The molecule has 0 spiro atoms. The van der Waals surface area contributed by atoms with Crippen LogP contribution in [0.2, 0.25) is 5.02 Å². The number of nitrogens with zero attached hydrogens (tertiary/aromatic N) is 1. The maximum absolute atomic E-state index is 13.2. The highest BCUT2D eigenvalue weighted by atomic mass is 35.5. The van der Waals surface area contributed by atoms with E-state index in [0.29, 0.717) is 0 Å². The van der Waals surface area contributed by atoms with E-state index < -0.39 is 28.6 Å². The number of nitro groups is 1. The molecule has 15 heavy (non-hydrogen) atoms. The van der Waals surface area contributed by atoms with E-state index in [4.69, 9.17) is 17.3 Å². The van der Waals surface area contributed by atoms with Crippen molar-refractivity contribution in [2.75, 3.05) is 6.54 Å². The second kappa shape index (κ2) is 4.08. The summed E-state index contributed by atoms with van der Waals surface area (Å²) in [6.45, 7) is -0.951. The van der Waals surface area contributed by atoms with Gasteiger partial charge in [0.2, 0.25) is 0 Å². The normalized spacial score (nSPS) is 11.5. The molecular formula is C8H7ClF2N2O2. The number of hydrogen-bond donors (Lipinski definition) is 1. The van der Waals surface area contributed by atoms with Crippen molar-refractivity contribution in [3.63, 3.8) is 0 Å². The van der Waals surface area contributed by atoms with Crippen LogP contribution in [-0.4, -0.2) is 11.5 Å². The van der Waals surface area contributed by atoms with Gasteiger partial charge in [0.15, 0.2) is 0 Å². The standard InChI is InChI=1S/C8H7ClF2N2O2/c9-7-2-1-5(13(14)15)3-6(7)8(10,11)4-12/h1-3H,4,12H2. The van der Waals surface area contributed by atoms with E-state index in [0.717, 1.165) is 18.2 Å². The number of alkyl halides is 2. The number of rotatable bonds is 3. The first kappa shape index (κ1) is 11.8. The summed E-state index contributed by atoms with van der Waals surface area (Å²) in [6.07, 6.45) is 0. The van der Waals surface area contributed by atoms with Crippen molar-refractivity contribution in [2.24, 2.45) is 5.73 Å². The Hall–Kier alpha value is -1.27. The van der Waals surface area contributed by atoms with Crippen LogP contribution in [0.4, 0.5) is 14.5 Å². The van der Waals surface area contributed by atoms with Crippen LogP contribution in [0.15, 0.2) is 18.2 Å². The summed E-state index contributed by atoms with van der Waals surface area (Å²) in [6, 6.07) is 2.84. The fraction of sp³-hybridized carbons (Fsp3) is 0.250. The summed E-state index contributed by atoms with van der Waals surface area (Å²) >= 11 is 5.51. The zero-order valence-electron chi connectivity index (χ0n) is 7.41. The van der Waals surface area contributed by atoms with E-state index in [9.17, 15) is 18.9 Å². The van der Waals surface area contributed by atoms with Gasteiger partial charge in [-0.05, 0) is 6.07 Å². The molecule has 0 bridgehead atoms. The smallest absolute Gasteiger partial charge is 0.286 e. The molecule has 0 unspecified atom stereocenters. The molecular weight excluding hydrogens is 230 g/mol. The first-order chi connectivity index (χ1) is 6.88. The van der Waals surface area contributed by atoms with Crippen LogP contribution in [-0.2, 0) is 5.92 Å². The van der Waals surface area contributed by atoms with Crippen molar-refractivity contribution in [3.8, 4) is 0 Å². The molecule has 1 rings (SSSR count). The molecule has 82 valence electrons. The van der Waals surface area contributed by atoms with Gasteiger partial charge in [-0.3, -0.25) is 10.1 Å². The molecule has 4 nitrogen and oxygen atoms in total. The van der Waals surface area contributed by atoms with Crippen molar-refractivity contribution in [2.45, 2.75) is 5.92 Å². The summed E-state index contributed by atoms with van der Waals surface area (Å²) < 4.78 is 26.3. The summed E-state index contributed by atoms with van der Waals surface area (Å²) in [4.78, 5) is 9.59. The minimum atomic E-state index is -3.36. The van der Waals surface area contributed by atoms with Gasteiger partial charge in [-0.25, -0.2) is 0 Å². The second-order valence-electron chi connectivity index (χ2n) is 2.83. The molecule has 0 radical (unpaired) electrons. The fourth-order valence-corrected chi connectivity index (χ4v) is 1.27. The number of nitrogens with two attached hydrogens (primary N) is 1. The molecule has 0 amide bonds. The third kappa shape index (κ3) is 2.40. The van der Waals surface area contributed by atoms with Crippen molar-refractivity contribution in [1.29, 1.82) is 0 Å². The van der Waals surface area contributed by atoms with Crippen molar-refractivity contribution in [1.82, 2.24) is 0 Å². The SMILES string of the molecule is NCC(F)(F)c1cc([N+](=O)[O-])ccc1Cl. The van der Waals surface area contributed by atoms with Crippen molar-refractivity contribution in [3.05, 3.63) is 38.9 Å². The lowest BCUT2D eigenvalue weighted by molar-refractivity contribution is -0.385. The summed E-state index contributed by atoms with van der Waals surface area (Å²) in [5.74, 6) is -3.36. The molecule has 7 heteroatoms. The van der Waals surface area contributed by atoms with Gasteiger partial charge in [0, 0.05) is 17.7 Å². The van der Waals surface area contributed by atoms with E-state index >= 15 is 0 Å². The summed E-state index contributed by atoms with van der Waals surface area (Å²) in [5.41, 5.74) is 3.79. The van der Waals surface area contributed by atoms with Crippen LogP contribution in [0, 0.1) is 10.1 Å². The molecule has 0 atom stereocenters. The van der Waals surface area contributed by atoms with E-state index in [2.05, 4.69) is 0 Å². The number of hydrogen-bond acceptors (Lipinski definition) is 3. The quantitative estimate of drug-likeness (QED) is 0.647. The maximum atomic E-state index is 13.2. The Bertz CT molecular complexity index is 398. The Morgan fingerprint density at radius 2 is 2.13 bits per heavy atom. The molecule has 0 saturated heterocycles. The molecule has 0 aliphatic carbocycles. The monoisotopic (exact) mass is 236 g/mol. The number of nitro benzene ring substituents is 1. The van der Waals surface area contributed by atoms with E-state index in [-0.39, 0.29) is 5.02 Å². The van der Waals surface area contributed by atoms with Gasteiger partial charge in [0.1, 0.15) is 0 Å². The number of benzene rings is 1. The highest BCUT2D eigenvalue weighted by Gasteiger charge is 2.33. The third-order valence-corrected chi connectivity index (χ3v) is 2.14. The summed E-state index contributed by atoms with van der Waals surface area (Å²) in [7, 11) is 0. The Morgan fingerprint density at radius 1 is 1.53 bits per heavy atom. The minimum absolute atomic E-state index is 0.240. The van der Waals surface area contributed by atoms with Crippen LogP contribution in [0.1, 0.15) is 5.56 Å².